The molecule has 4 aliphatic rings. The number of carbonyl (C=O) groups is 1. The Balaban J connectivity index is 0.000000814. The molecule has 1 atom stereocenters. The van der Waals surface area contributed by atoms with Crippen molar-refractivity contribution < 1.29 is 14.3 Å². The first-order chi connectivity index (χ1) is 12.7. The Hall–Kier alpha value is -2.28. The minimum absolute atomic E-state index is 0.108. The van der Waals surface area contributed by atoms with E-state index >= 15 is 0 Å². The van der Waals surface area contributed by atoms with Gasteiger partial charge in [-0.1, -0.05) is 13.8 Å². The van der Waals surface area contributed by atoms with Crippen LogP contribution in [0.25, 0.3) is 0 Å². The number of carbonyl (C=O) groups excluding carboxylic acids is 1. The number of amides is 1. The molecule has 7 heteroatoms. The molecule has 1 aliphatic carbocycles. The van der Waals surface area contributed by atoms with Crippen LogP contribution in [0.4, 0.5) is 5.69 Å². The molecule has 3 aliphatic heterocycles. The molecular formula is C19H26N4O3. The van der Waals surface area contributed by atoms with Crippen molar-refractivity contribution in [1.29, 1.82) is 0 Å². The number of benzene rings is 1. The average Bonchev–Trinajstić information content (AvgIpc) is 3.47. The average molecular weight is 358 g/mol. The molecule has 1 aromatic carbocycles. The standard InChI is InChI=1S/C17H20N4O3.C2H6/c1-9-17(22)20-19-16-8-23-15-4-12(10-2-3-10)14(5-13(15)21(9)16)24-11-6-18-7-11;1-2/h4-5,9-11,18H,2-3,6-8H2,1H3,(H,20,22);1-2H3. The molecule has 2 fully saturated rings. The SMILES string of the molecule is CC.CC1C(=O)NN=C2COc3cc(C4CC4)c(OC4CNC4)cc3N21. The molecule has 0 spiro atoms. The van der Waals surface area contributed by atoms with E-state index in [0.29, 0.717) is 12.5 Å². The second kappa shape index (κ2) is 6.79. The van der Waals surface area contributed by atoms with E-state index in [1.54, 1.807) is 0 Å². The number of hydrogen-bond acceptors (Lipinski definition) is 6. The zero-order valence-corrected chi connectivity index (χ0v) is 15.5. The summed E-state index contributed by atoms with van der Waals surface area (Å²) >= 11 is 0. The minimum atomic E-state index is -0.315. The maximum absolute atomic E-state index is 12.0. The monoisotopic (exact) mass is 358 g/mol. The zero-order chi connectivity index (χ0) is 18.3. The molecule has 1 saturated heterocycles. The van der Waals surface area contributed by atoms with Gasteiger partial charge in [0.1, 0.15) is 30.3 Å². The number of nitrogens with one attached hydrogen (secondary N) is 2. The van der Waals surface area contributed by atoms with Crippen molar-refractivity contribution >= 4 is 17.4 Å². The van der Waals surface area contributed by atoms with Crippen LogP contribution in [0, 0.1) is 0 Å². The highest BCUT2D eigenvalue weighted by Crippen LogP contribution is 2.49. The van der Waals surface area contributed by atoms with Gasteiger partial charge in [0.05, 0.1) is 5.69 Å². The third-order valence-electron chi connectivity index (χ3n) is 5.10. The van der Waals surface area contributed by atoms with Crippen molar-refractivity contribution in [2.45, 2.75) is 51.7 Å². The summed E-state index contributed by atoms with van der Waals surface area (Å²) in [5, 5.41) is 7.37. The number of rotatable bonds is 3. The van der Waals surface area contributed by atoms with Gasteiger partial charge < -0.3 is 19.7 Å². The molecule has 5 rings (SSSR count). The van der Waals surface area contributed by atoms with Gasteiger partial charge in [-0.2, -0.15) is 5.10 Å². The van der Waals surface area contributed by atoms with Gasteiger partial charge in [0.25, 0.3) is 5.91 Å². The van der Waals surface area contributed by atoms with Crippen molar-refractivity contribution in [3.8, 4) is 11.5 Å². The third-order valence-corrected chi connectivity index (χ3v) is 5.10. The van der Waals surface area contributed by atoms with Gasteiger partial charge in [0.15, 0.2) is 5.84 Å². The number of nitrogens with zero attached hydrogens (tertiary/aromatic N) is 2. The highest BCUT2D eigenvalue weighted by molar-refractivity contribution is 6.09. The summed E-state index contributed by atoms with van der Waals surface area (Å²) in [5.74, 6) is 2.93. The molecular weight excluding hydrogens is 332 g/mol. The van der Waals surface area contributed by atoms with Gasteiger partial charge >= 0.3 is 0 Å². The van der Waals surface area contributed by atoms with E-state index < -0.39 is 0 Å². The summed E-state index contributed by atoms with van der Waals surface area (Å²) in [4.78, 5) is 14.0. The Bertz CT molecular complexity index is 741. The first-order valence-electron chi connectivity index (χ1n) is 9.54. The highest BCUT2D eigenvalue weighted by atomic mass is 16.5. The molecule has 140 valence electrons. The van der Waals surface area contributed by atoms with Crippen LogP contribution in [0.1, 0.15) is 45.1 Å². The van der Waals surface area contributed by atoms with Crippen LogP contribution in [-0.4, -0.2) is 43.6 Å². The van der Waals surface area contributed by atoms with E-state index in [9.17, 15) is 4.79 Å². The van der Waals surface area contributed by atoms with E-state index in [-0.39, 0.29) is 18.1 Å². The minimum Gasteiger partial charge on any atom is -0.487 e. The van der Waals surface area contributed by atoms with Crippen LogP contribution >= 0.6 is 0 Å². The number of hydrogen-bond donors (Lipinski definition) is 2. The smallest absolute Gasteiger partial charge is 0.262 e. The Morgan fingerprint density at radius 3 is 2.69 bits per heavy atom. The van der Waals surface area contributed by atoms with Crippen molar-refractivity contribution in [2.75, 3.05) is 24.6 Å². The van der Waals surface area contributed by atoms with E-state index in [0.717, 1.165) is 36.1 Å². The summed E-state index contributed by atoms with van der Waals surface area (Å²) in [5.41, 5.74) is 4.66. The lowest BCUT2D eigenvalue weighted by Crippen LogP contribution is -2.55. The fourth-order valence-corrected chi connectivity index (χ4v) is 3.41. The van der Waals surface area contributed by atoms with Gasteiger partial charge in [-0.05, 0) is 31.7 Å². The van der Waals surface area contributed by atoms with Gasteiger partial charge in [0.2, 0.25) is 0 Å². The molecule has 26 heavy (non-hydrogen) atoms. The van der Waals surface area contributed by atoms with Crippen LogP contribution in [0.5, 0.6) is 11.5 Å². The maximum Gasteiger partial charge on any atom is 0.262 e. The summed E-state index contributed by atoms with van der Waals surface area (Å²) in [6, 6.07) is 3.82. The molecule has 3 heterocycles. The van der Waals surface area contributed by atoms with Gasteiger partial charge in [-0.15, -0.1) is 0 Å². The summed E-state index contributed by atoms with van der Waals surface area (Å²) in [6.07, 6.45) is 2.63. The molecule has 1 aromatic rings. The lowest BCUT2D eigenvalue weighted by atomic mass is 10.0. The molecule has 0 radical (unpaired) electrons. The van der Waals surface area contributed by atoms with E-state index in [1.807, 2.05) is 31.7 Å². The van der Waals surface area contributed by atoms with E-state index in [1.165, 1.54) is 18.4 Å². The quantitative estimate of drug-likeness (QED) is 0.864. The van der Waals surface area contributed by atoms with Gasteiger partial charge in [-0.3, -0.25) is 4.79 Å². The Morgan fingerprint density at radius 1 is 1.27 bits per heavy atom. The molecule has 0 aromatic heterocycles. The van der Waals surface area contributed by atoms with Crippen molar-refractivity contribution in [1.82, 2.24) is 10.7 Å². The summed E-state index contributed by atoms with van der Waals surface area (Å²) < 4.78 is 12.1. The molecule has 2 N–H and O–H groups in total. The predicted molar refractivity (Wildman–Crippen MR) is 100 cm³/mol. The topological polar surface area (TPSA) is 75.2 Å². The maximum atomic E-state index is 12.0. The number of amidine groups is 1. The second-order valence-corrected chi connectivity index (χ2v) is 6.87. The second-order valence-electron chi connectivity index (χ2n) is 6.87. The summed E-state index contributed by atoms with van der Waals surface area (Å²) in [6.45, 7) is 8.01. The van der Waals surface area contributed by atoms with Crippen LogP contribution in [0.3, 0.4) is 0 Å². The first kappa shape index (κ1) is 17.1. The van der Waals surface area contributed by atoms with Crippen molar-refractivity contribution in [2.24, 2.45) is 5.10 Å². The predicted octanol–water partition coefficient (Wildman–Crippen LogP) is 1.97. The Morgan fingerprint density at radius 2 is 2.04 bits per heavy atom. The molecule has 1 amide bonds. The number of anilines is 1. The lowest BCUT2D eigenvalue weighted by Gasteiger charge is -2.39. The fourth-order valence-electron chi connectivity index (χ4n) is 3.41. The molecule has 7 nitrogen and oxygen atoms in total. The zero-order valence-electron chi connectivity index (χ0n) is 15.5. The van der Waals surface area contributed by atoms with E-state index in [2.05, 4.69) is 21.9 Å². The van der Waals surface area contributed by atoms with Gasteiger partial charge in [0, 0.05) is 24.7 Å². The van der Waals surface area contributed by atoms with Crippen molar-refractivity contribution in [3.05, 3.63) is 17.7 Å². The highest BCUT2D eigenvalue weighted by Gasteiger charge is 2.38. The molecule has 1 unspecified atom stereocenters. The Labute approximate surface area is 153 Å². The first-order valence-corrected chi connectivity index (χ1v) is 9.54. The number of fused-ring (bicyclic) bond motifs is 3. The normalized spacial score (nSPS) is 24.0. The largest absolute Gasteiger partial charge is 0.487 e. The van der Waals surface area contributed by atoms with Crippen LogP contribution in [0.2, 0.25) is 0 Å². The van der Waals surface area contributed by atoms with E-state index in [4.69, 9.17) is 9.47 Å². The van der Waals surface area contributed by atoms with Crippen LogP contribution < -0.4 is 25.1 Å². The fraction of sp³-hybridized carbons (Fsp3) is 0.579. The third kappa shape index (κ3) is 2.90. The molecule has 1 saturated carbocycles. The Kier molecular flexibility index (Phi) is 4.48. The van der Waals surface area contributed by atoms with Gasteiger partial charge in [-0.25, -0.2) is 5.43 Å². The number of hydrazone groups is 1. The van der Waals surface area contributed by atoms with Crippen LogP contribution in [-0.2, 0) is 4.79 Å². The van der Waals surface area contributed by atoms with Crippen LogP contribution in [0.15, 0.2) is 17.2 Å². The lowest BCUT2D eigenvalue weighted by molar-refractivity contribution is -0.122. The summed E-state index contributed by atoms with van der Waals surface area (Å²) in [7, 11) is 0. The van der Waals surface area contributed by atoms with Crippen molar-refractivity contribution in [3.63, 3.8) is 0 Å². The number of ether oxygens (including phenoxy) is 2. The molecule has 0 bridgehead atoms.